The molecular weight excluding hydrogens is 398 g/mol. The van der Waals surface area contributed by atoms with Crippen LogP contribution in [0, 0.1) is 10.1 Å². The lowest BCUT2D eigenvalue weighted by molar-refractivity contribution is -0.384. The minimum Gasteiger partial charge on any atom is -0.451 e. The van der Waals surface area contributed by atoms with Crippen molar-refractivity contribution in [2.75, 3.05) is 0 Å². The van der Waals surface area contributed by atoms with Crippen LogP contribution in [0.2, 0.25) is 0 Å². The van der Waals surface area contributed by atoms with Crippen molar-refractivity contribution in [1.82, 2.24) is 0 Å². The third-order valence-electron chi connectivity index (χ3n) is 5.00. The van der Waals surface area contributed by atoms with Gasteiger partial charge in [-0.15, -0.1) is 0 Å². The number of fused-ring (bicyclic) bond motifs is 1. The van der Waals surface area contributed by atoms with Crippen LogP contribution in [0.4, 0.5) is 5.69 Å². The highest BCUT2D eigenvalue weighted by Crippen LogP contribution is 2.39. The van der Waals surface area contributed by atoms with Gasteiger partial charge in [0.05, 0.1) is 10.5 Å². The SMILES string of the molecule is CC(C)(OC(=O)c1ccc(-[s+]2ccc3ccccc32)cc1)c1ccc([N+](=O)[O-])cc1. The average Bonchev–Trinajstić information content (AvgIpc) is 3.18. The molecule has 1 unspecified atom stereocenters. The third-order valence-corrected chi connectivity index (χ3v) is 7.04. The molecule has 0 fully saturated rings. The van der Waals surface area contributed by atoms with Gasteiger partial charge in [-0.3, -0.25) is 10.1 Å². The number of carbonyl (C=O) groups is 1. The van der Waals surface area contributed by atoms with Gasteiger partial charge in [0.1, 0.15) is 11.0 Å². The van der Waals surface area contributed by atoms with Crippen molar-refractivity contribution < 1.29 is 14.5 Å². The lowest BCUT2D eigenvalue weighted by Crippen LogP contribution is -2.25. The van der Waals surface area contributed by atoms with Gasteiger partial charge in [-0.2, -0.15) is 0 Å². The van der Waals surface area contributed by atoms with Crippen molar-refractivity contribution in [1.29, 1.82) is 0 Å². The van der Waals surface area contributed by atoms with Crippen molar-refractivity contribution in [3.05, 3.63) is 105 Å². The molecule has 3 aromatic carbocycles. The Kier molecular flexibility index (Phi) is 5.10. The van der Waals surface area contributed by atoms with Gasteiger partial charge in [0, 0.05) is 34.1 Å². The van der Waals surface area contributed by atoms with Gasteiger partial charge in [0.25, 0.3) is 5.69 Å². The maximum Gasteiger partial charge on any atom is 0.338 e. The fourth-order valence-corrected chi connectivity index (χ4v) is 5.20. The van der Waals surface area contributed by atoms with E-state index in [9.17, 15) is 14.9 Å². The fraction of sp³-hybridized carbons (Fsp3) is 0.125. The van der Waals surface area contributed by atoms with E-state index < -0.39 is 16.5 Å². The Hall–Kier alpha value is -3.51. The topological polar surface area (TPSA) is 69.4 Å². The molecule has 1 heterocycles. The van der Waals surface area contributed by atoms with Gasteiger partial charge in [-0.25, -0.2) is 4.79 Å². The molecule has 0 bridgehead atoms. The normalized spacial score (nSPS) is 12.0. The van der Waals surface area contributed by atoms with Crippen LogP contribution in [0.5, 0.6) is 0 Å². The molecule has 0 aliphatic heterocycles. The molecule has 0 aliphatic rings. The zero-order valence-corrected chi connectivity index (χ0v) is 17.4. The molecule has 0 spiro atoms. The largest absolute Gasteiger partial charge is 0.451 e. The molecule has 0 aliphatic carbocycles. The molecule has 4 rings (SSSR count). The van der Waals surface area contributed by atoms with E-state index >= 15 is 0 Å². The van der Waals surface area contributed by atoms with Crippen LogP contribution in [-0.2, 0) is 10.3 Å². The minimum absolute atomic E-state index is 0.000153. The van der Waals surface area contributed by atoms with E-state index in [1.165, 1.54) is 22.2 Å². The molecular formula is C24H20NO4S+. The monoisotopic (exact) mass is 418 g/mol. The predicted octanol–water partition coefficient (Wildman–Crippen LogP) is 6.58. The van der Waals surface area contributed by atoms with Crippen LogP contribution in [0.15, 0.2) is 84.2 Å². The van der Waals surface area contributed by atoms with E-state index in [0.717, 1.165) is 4.90 Å². The maximum absolute atomic E-state index is 12.7. The number of nitro benzene ring substituents is 1. The molecule has 30 heavy (non-hydrogen) atoms. The molecule has 4 aromatic rings. The Morgan fingerprint density at radius 2 is 1.60 bits per heavy atom. The molecule has 1 atom stereocenters. The zero-order chi connectivity index (χ0) is 21.3. The lowest BCUT2D eigenvalue weighted by Gasteiger charge is -2.25. The van der Waals surface area contributed by atoms with Gasteiger partial charge < -0.3 is 4.74 Å². The standard InChI is InChI=1S/C24H20NO4S/c1-24(2,19-9-11-20(12-10-19)25(27)28)29-23(26)18-7-13-21(14-8-18)30-16-15-17-5-3-4-6-22(17)30/h3-16H,1-2H3/q+1. The van der Waals surface area contributed by atoms with E-state index in [0.29, 0.717) is 11.1 Å². The third kappa shape index (κ3) is 3.82. The summed E-state index contributed by atoms with van der Waals surface area (Å²) < 4.78 is 7.00. The highest BCUT2D eigenvalue weighted by molar-refractivity contribution is 7.43. The summed E-state index contributed by atoms with van der Waals surface area (Å²) in [5.74, 6) is -0.435. The first-order chi connectivity index (χ1) is 14.3. The molecule has 0 amide bonds. The molecule has 6 heteroatoms. The number of esters is 1. The fourth-order valence-electron chi connectivity index (χ4n) is 3.31. The second-order valence-electron chi connectivity index (χ2n) is 7.41. The number of ether oxygens (including phenoxy) is 1. The number of thiophene rings is 1. The van der Waals surface area contributed by atoms with Crippen LogP contribution in [-0.4, -0.2) is 10.9 Å². The Balaban J connectivity index is 1.52. The van der Waals surface area contributed by atoms with E-state index in [4.69, 9.17) is 4.74 Å². The van der Waals surface area contributed by atoms with Crippen LogP contribution >= 0.6 is 10.5 Å². The van der Waals surface area contributed by atoms with E-state index in [1.807, 2.05) is 24.3 Å². The minimum atomic E-state index is -0.917. The van der Waals surface area contributed by atoms with Crippen molar-refractivity contribution in [2.45, 2.75) is 19.4 Å². The molecule has 150 valence electrons. The summed E-state index contributed by atoms with van der Waals surface area (Å²) in [4.78, 5) is 24.2. The molecule has 5 nitrogen and oxygen atoms in total. The van der Waals surface area contributed by atoms with Crippen LogP contribution in [0.1, 0.15) is 29.8 Å². The Bertz CT molecular complexity index is 1220. The van der Waals surface area contributed by atoms with Crippen molar-refractivity contribution >= 4 is 32.2 Å². The smallest absolute Gasteiger partial charge is 0.338 e. The zero-order valence-electron chi connectivity index (χ0n) is 16.6. The number of benzene rings is 3. The summed E-state index contributed by atoms with van der Waals surface area (Å²) >= 11 is 0. The number of rotatable bonds is 5. The molecule has 0 radical (unpaired) electrons. The predicted molar refractivity (Wildman–Crippen MR) is 119 cm³/mol. The van der Waals surface area contributed by atoms with E-state index in [2.05, 4.69) is 23.6 Å². The number of nitro groups is 1. The van der Waals surface area contributed by atoms with Crippen molar-refractivity contribution in [3.63, 3.8) is 0 Å². The van der Waals surface area contributed by atoms with Gasteiger partial charge >= 0.3 is 5.97 Å². The quantitative estimate of drug-likeness (QED) is 0.159. The van der Waals surface area contributed by atoms with Gasteiger partial charge in [-0.1, -0.05) is 12.1 Å². The number of hydrogen-bond acceptors (Lipinski definition) is 4. The second kappa shape index (κ2) is 7.72. The second-order valence-corrected chi connectivity index (χ2v) is 9.27. The summed E-state index contributed by atoms with van der Waals surface area (Å²) in [5.41, 5.74) is 0.237. The number of carbonyl (C=O) groups excluding carboxylic acids is 1. The van der Waals surface area contributed by atoms with Gasteiger partial charge in [0.15, 0.2) is 9.60 Å². The number of nitrogens with zero attached hydrogens (tertiary/aromatic N) is 1. The van der Waals surface area contributed by atoms with Gasteiger partial charge in [0.2, 0.25) is 0 Å². The first-order valence-corrected chi connectivity index (χ1v) is 10.7. The highest BCUT2D eigenvalue weighted by atomic mass is 32.2. The van der Waals surface area contributed by atoms with Crippen LogP contribution in [0.3, 0.4) is 0 Å². The summed E-state index contributed by atoms with van der Waals surface area (Å²) in [6.07, 6.45) is 0. The molecule has 0 saturated carbocycles. The number of non-ortho nitro benzene ring substituents is 1. The summed E-state index contributed by atoms with van der Waals surface area (Å²) in [5, 5.41) is 14.3. The summed E-state index contributed by atoms with van der Waals surface area (Å²) in [6.45, 7) is 3.53. The molecule has 1 aromatic heterocycles. The molecule has 0 N–H and O–H groups in total. The van der Waals surface area contributed by atoms with E-state index in [-0.39, 0.29) is 16.2 Å². The first kappa shape index (κ1) is 19.8. The lowest BCUT2D eigenvalue weighted by atomic mass is 9.97. The van der Waals surface area contributed by atoms with Gasteiger partial charge in [-0.05, 0) is 67.9 Å². The molecule has 0 saturated heterocycles. The maximum atomic E-state index is 12.7. The Morgan fingerprint density at radius 3 is 2.27 bits per heavy atom. The van der Waals surface area contributed by atoms with Crippen LogP contribution < -0.4 is 0 Å². The van der Waals surface area contributed by atoms with Crippen LogP contribution in [0.25, 0.3) is 15.0 Å². The summed E-state index contributed by atoms with van der Waals surface area (Å²) in [7, 11) is -0.130. The van der Waals surface area contributed by atoms with Crippen molar-refractivity contribution in [2.24, 2.45) is 0 Å². The van der Waals surface area contributed by atoms with E-state index in [1.54, 1.807) is 38.1 Å². The van der Waals surface area contributed by atoms with Crippen molar-refractivity contribution in [3.8, 4) is 4.90 Å². The Morgan fingerprint density at radius 1 is 0.933 bits per heavy atom. The highest BCUT2D eigenvalue weighted by Gasteiger charge is 2.27. The summed E-state index contributed by atoms with van der Waals surface area (Å²) in [6, 6.07) is 24.0. The first-order valence-electron chi connectivity index (χ1n) is 9.44. The average molecular weight is 418 g/mol. The Labute approximate surface area is 176 Å². The number of hydrogen-bond donors (Lipinski definition) is 0.